The van der Waals surface area contributed by atoms with Gasteiger partial charge in [-0.2, -0.15) is 4.98 Å². The number of anilines is 2. The molecular weight excluding hydrogens is 438 g/mol. The van der Waals surface area contributed by atoms with Gasteiger partial charge in [-0.25, -0.2) is 13.4 Å². The molecule has 1 aliphatic carbocycles. The molecule has 168 valence electrons. The van der Waals surface area contributed by atoms with Crippen LogP contribution >= 0.6 is 11.6 Å². The van der Waals surface area contributed by atoms with Gasteiger partial charge in [-0.3, -0.25) is 4.90 Å². The van der Waals surface area contributed by atoms with Crippen molar-refractivity contribution in [1.29, 1.82) is 0 Å². The SMILES string of the molecule is COc1ccc(Cl)cc1S(=O)(=O)c1cnc(N2CCN(C3CCCCC3)CC2)nc1N. The number of halogens is 1. The van der Waals surface area contributed by atoms with Gasteiger partial charge >= 0.3 is 0 Å². The number of hydrogen-bond donors (Lipinski definition) is 1. The number of benzene rings is 1. The molecule has 2 aliphatic rings. The van der Waals surface area contributed by atoms with E-state index in [1.165, 1.54) is 57.5 Å². The average molecular weight is 466 g/mol. The Bertz CT molecular complexity index is 1040. The first-order valence-corrected chi connectivity index (χ1v) is 12.5. The Balaban J connectivity index is 1.52. The lowest BCUT2D eigenvalue weighted by Crippen LogP contribution is -2.51. The van der Waals surface area contributed by atoms with Crippen LogP contribution in [-0.4, -0.2) is 62.6 Å². The molecule has 2 fully saturated rings. The highest BCUT2D eigenvalue weighted by Gasteiger charge is 2.29. The van der Waals surface area contributed by atoms with Crippen molar-refractivity contribution in [2.24, 2.45) is 0 Å². The maximum atomic E-state index is 13.2. The van der Waals surface area contributed by atoms with Crippen molar-refractivity contribution in [3.8, 4) is 5.75 Å². The zero-order valence-corrected chi connectivity index (χ0v) is 19.2. The molecule has 31 heavy (non-hydrogen) atoms. The van der Waals surface area contributed by atoms with Crippen molar-refractivity contribution in [3.63, 3.8) is 0 Å². The number of rotatable bonds is 5. The van der Waals surface area contributed by atoms with E-state index in [-0.39, 0.29) is 26.4 Å². The van der Waals surface area contributed by atoms with Crippen molar-refractivity contribution in [2.75, 3.05) is 43.9 Å². The second kappa shape index (κ2) is 9.18. The molecule has 8 nitrogen and oxygen atoms in total. The maximum Gasteiger partial charge on any atom is 0.227 e. The van der Waals surface area contributed by atoms with E-state index in [9.17, 15) is 8.42 Å². The third-order valence-electron chi connectivity index (χ3n) is 6.16. The molecule has 1 aromatic heterocycles. The molecule has 0 amide bonds. The lowest BCUT2D eigenvalue weighted by Gasteiger charge is -2.40. The third-order valence-corrected chi connectivity index (χ3v) is 8.19. The summed E-state index contributed by atoms with van der Waals surface area (Å²) >= 11 is 6.01. The van der Waals surface area contributed by atoms with Crippen LogP contribution in [0.25, 0.3) is 0 Å². The summed E-state index contributed by atoms with van der Waals surface area (Å²) in [6.07, 6.45) is 7.82. The molecule has 0 atom stereocenters. The van der Waals surface area contributed by atoms with Crippen LogP contribution in [0.4, 0.5) is 11.8 Å². The molecule has 1 aromatic carbocycles. The molecule has 0 spiro atoms. The Morgan fingerprint density at radius 1 is 1.10 bits per heavy atom. The maximum absolute atomic E-state index is 13.2. The van der Waals surface area contributed by atoms with E-state index in [0.717, 1.165) is 26.2 Å². The Morgan fingerprint density at radius 2 is 1.81 bits per heavy atom. The number of nitrogens with two attached hydrogens (primary N) is 1. The minimum Gasteiger partial charge on any atom is -0.495 e. The normalized spacial score (nSPS) is 18.8. The van der Waals surface area contributed by atoms with Gasteiger partial charge in [0.2, 0.25) is 15.8 Å². The largest absolute Gasteiger partial charge is 0.495 e. The first-order valence-electron chi connectivity index (χ1n) is 10.6. The van der Waals surface area contributed by atoms with Crippen LogP contribution in [0, 0.1) is 0 Å². The summed E-state index contributed by atoms with van der Waals surface area (Å²) < 4.78 is 31.5. The fourth-order valence-electron chi connectivity index (χ4n) is 4.45. The lowest BCUT2D eigenvalue weighted by atomic mass is 9.94. The molecule has 2 N–H and O–H groups in total. The third kappa shape index (κ3) is 4.58. The van der Waals surface area contributed by atoms with Gasteiger partial charge in [-0.1, -0.05) is 30.9 Å². The van der Waals surface area contributed by atoms with Crippen LogP contribution in [0.15, 0.2) is 34.2 Å². The summed E-state index contributed by atoms with van der Waals surface area (Å²) in [6, 6.07) is 5.09. The number of sulfone groups is 1. The molecule has 2 heterocycles. The molecule has 1 aliphatic heterocycles. The number of aromatic nitrogens is 2. The Labute approximate surface area is 188 Å². The van der Waals surface area contributed by atoms with Gasteiger partial charge in [-0.15, -0.1) is 0 Å². The van der Waals surface area contributed by atoms with Gasteiger partial charge < -0.3 is 15.4 Å². The predicted molar refractivity (Wildman–Crippen MR) is 121 cm³/mol. The molecule has 10 heteroatoms. The van der Waals surface area contributed by atoms with Gasteiger partial charge in [0, 0.05) is 37.2 Å². The average Bonchev–Trinajstić information content (AvgIpc) is 2.79. The van der Waals surface area contributed by atoms with E-state index >= 15 is 0 Å². The van der Waals surface area contributed by atoms with E-state index < -0.39 is 9.84 Å². The van der Waals surface area contributed by atoms with Crippen molar-refractivity contribution >= 4 is 33.2 Å². The minimum absolute atomic E-state index is 0.0633. The van der Waals surface area contributed by atoms with Gasteiger partial charge in [0.1, 0.15) is 21.4 Å². The smallest absolute Gasteiger partial charge is 0.227 e. The van der Waals surface area contributed by atoms with Crippen LogP contribution in [0.3, 0.4) is 0 Å². The quantitative estimate of drug-likeness (QED) is 0.718. The molecule has 0 bridgehead atoms. The molecular formula is C21H28ClN5O3S. The number of ether oxygens (including phenoxy) is 1. The summed E-state index contributed by atoms with van der Waals surface area (Å²) in [5.74, 6) is 0.561. The van der Waals surface area contributed by atoms with Crippen molar-refractivity contribution in [1.82, 2.24) is 14.9 Å². The Hall–Kier alpha value is -2.10. The van der Waals surface area contributed by atoms with Gasteiger partial charge in [0.05, 0.1) is 13.3 Å². The van der Waals surface area contributed by atoms with E-state index in [1.807, 2.05) is 0 Å². The second-order valence-corrected chi connectivity index (χ2v) is 10.4. The van der Waals surface area contributed by atoms with Crippen molar-refractivity contribution in [2.45, 2.75) is 47.9 Å². The monoisotopic (exact) mass is 465 g/mol. The number of hydrogen-bond acceptors (Lipinski definition) is 8. The van der Waals surface area contributed by atoms with Crippen LogP contribution in [0.2, 0.25) is 5.02 Å². The van der Waals surface area contributed by atoms with Gasteiger partial charge in [0.25, 0.3) is 0 Å². The zero-order chi connectivity index (χ0) is 22.0. The topological polar surface area (TPSA) is 102 Å². The summed E-state index contributed by atoms with van der Waals surface area (Å²) in [5.41, 5.74) is 6.08. The van der Waals surface area contributed by atoms with Crippen LogP contribution in [0.5, 0.6) is 5.75 Å². The first-order chi connectivity index (χ1) is 14.9. The summed E-state index contributed by atoms with van der Waals surface area (Å²) in [4.78, 5) is 13.1. The molecule has 1 saturated heterocycles. The van der Waals surface area contributed by atoms with E-state index in [4.69, 9.17) is 22.1 Å². The van der Waals surface area contributed by atoms with Crippen LogP contribution in [0.1, 0.15) is 32.1 Å². The number of methoxy groups -OCH3 is 1. The Morgan fingerprint density at radius 3 is 2.45 bits per heavy atom. The summed E-state index contributed by atoms with van der Waals surface area (Å²) in [6.45, 7) is 3.50. The van der Waals surface area contributed by atoms with E-state index in [2.05, 4.69) is 19.8 Å². The number of nitrogens with zero attached hydrogens (tertiary/aromatic N) is 4. The van der Waals surface area contributed by atoms with Gasteiger partial charge in [-0.05, 0) is 31.0 Å². The molecule has 2 aromatic rings. The molecule has 0 unspecified atom stereocenters. The fourth-order valence-corrected chi connectivity index (χ4v) is 6.13. The van der Waals surface area contributed by atoms with Crippen LogP contribution in [-0.2, 0) is 9.84 Å². The first kappa shape index (κ1) is 22.1. The Kier molecular flexibility index (Phi) is 6.55. The lowest BCUT2D eigenvalue weighted by molar-refractivity contribution is 0.147. The highest BCUT2D eigenvalue weighted by molar-refractivity contribution is 7.91. The zero-order valence-electron chi connectivity index (χ0n) is 17.6. The number of nitrogen functional groups attached to an aromatic ring is 1. The minimum atomic E-state index is -3.99. The highest BCUT2D eigenvalue weighted by Crippen LogP contribution is 2.34. The van der Waals surface area contributed by atoms with Crippen molar-refractivity contribution in [3.05, 3.63) is 29.4 Å². The fraction of sp³-hybridized carbons (Fsp3) is 0.524. The van der Waals surface area contributed by atoms with Gasteiger partial charge in [0.15, 0.2) is 0 Å². The summed E-state index contributed by atoms with van der Waals surface area (Å²) in [7, 11) is -2.59. The standard InChI is InChI=1S/C21H28ClN5O3S/c1-30-17-8-7-15(22)13-18(17)31(28,29)19-14-24-21(25-20(19)23)27-11-9-26(10-12-27)16-5-3-2-4-6-16/h7-8,13-14,16H,2-6,9-12H2,1H3,(H2,23,24,25). The second-order valence-electron chi connectivity index (χ2n) is 8.03. The summed E-state index contributed by atoms with van der Waals surface area (Å²) in [5, 5.41) is 0.284. The number of piperazine rings is 1. The molecule has 1 saturated carbocycles. The van der Waals surface area contributed by atoms with Crippen LogP contribution < -0.4 is 15.4 Å². The molecule has 4 rings (SSSR count). The highest BCUT2D eigenvalue weighted by atomic mass is 35.5. The van der Waals surface area contributed by atoms with E-state index in [1.54, 1.807) is 6.07 Å². The van der Waals surface area contributed by atoms with E-state index in [0.29, 0.717) is 12.0 Å². The molecule has 0 radical (unpaired) electrons. The van der Waals surface area contributed by atoms with Crippen molar-refractivity contribution < 1.29 is 13.2 Å². The predicted octanol–water partition coefficient (Wildman–Crippen LogP) is 3.01.